The molecule has 0 fully saturated rings. The molecule has 0 aliphatic heterocycles. The zero-order valence-corrected chi connectivity index (χ0v) is 12.8. The maximum absolute atomic E-state index is 12.7. The Morgan fingerprint density at radius 1 is 0.826 bits per heavy atom. The standard InChI is InChI=1S/C20H17NO2/c1-23-17-13-11-16(12-14-17)21-19-10-6-5-9-18(19)20(22)15-7-3-2-4-8-15/h2-14,21H,1H3. The van der Waals surface area contributed by atoms with Crippen molar-refractivity contribution in [1.82, 2.24) is 0 Å². The van der Waals surface area contributed by atoms with E-state index >= 15 is 0 Å². The Morgan fingerprint density at radius 2 is 1.48 bits per heavy atom. The van der Waals surface area contributed by atoms with Crippen molar-refractivity contribution in [2.75, 3.05) is 12.4 Å². The molecule has 0 saturated heterocycles. The van der Waals surface area contributed by atoms with Crippen LogP contribution in [0.2, 0.25) is 0 Å². The lowest BCUT2D eigenvalue weighted by Crippen LogP contribution is -2.05. The first-order chi connectivity index (χ1) is 11.3. The monoisotopic (exact) mass is 303 g/mol. The molecule has 0 spiro atoms. The number of carbonyl (C=O) groups excluding carboxylic acids is 1. The van der Waals surface area contributed by atoms with E-state index in [1.54, 1.807) is 7.11 Å². The van der Waals surface area contributed by atoms with E-state index < -0.39 is 0 Å². The van der Waals surface area contributed by atoms with Crippen LogP contribution in [0.25, 0.3) is 0 Å². The molecule has 3 aromatic rings. The highest BCUT2D eigenvalue weighted by Gasteiger charge is 2.13. The summed E-state index contributed by atoms with van der Waals surface area (Å²) in [6, 6.07) is 24.4. The first-order valence-corrected chi connectivity index (χ1v) is 7.38. The molecule has 0 aliphatic rings. The van der Waals surface area contributed by atoms with Crippen molar-refractivity contribution < 1.29 is 9.53 Å². The number of ether oxygens (including phenoxy) is 1. The van der Waals surface area contributed by atoms with Gasteiger partial charge in [-0.15, -0.1) is 0 Å². The molecule has 114 valence electrons. The molecule has 0 aromatic heterocycles. The van der Waals surface area contributed by atoms with Crippen molar-refractivity contribution in [2.45, 2.75) is 0 Å². The summed E-state index contributed by atoms with van der Waals surface area (Å²) in [6.07, 6.45) is 0. The smallest absolute Gasteiger partial charge is 0.195 e. The van der Waals surface area contributed by atoms with E-state index in [-0.39, 0.29) is 5.78 Å². The van der Waals surface area contributed by atoms with Gasteiger partial charge in [0.05, 0.1) is 7.11 Å². The third kappa shape index (κ3) is 3.40. The van der Waals surface area contributed by atoms with Gasteiger partial charge in [-0.05, 0) is 36.4 Å². The fraction of sp³-hybridized carbons (Fsp3) is 0.0500. The summed E-state index contributed by atoms with van der Waals surface area (Å²) >= 11 is 0. The zero-order chi connectivity index (χ0) is 16.1. The largest absolute Gasteiger partial charge is 0.497 e. The molecular formula is C20H17NO2. The number of methoxy groups -OCH3 is 1. The number of hydrogen-bond donors (Lipinski definition) is 1. The van der Waals surface area contributed by atoms with Gasteiger partial charge >= 0.3 is 0 Å². The predicted molar refractivity (Wildman–Crippen MR) is 92.6 cm³/mol. The highest BCUT2D eigenvalue weighted by atomic mass is 16.5. The summed E-state index contributed by atoms with van der Waals surface area (Å²) < 4.78 is 5.16. The molecule has 0 amide bonds. The van der Waals surface area contributed by atoms with Crippen LogP contribution in [0.15, 0.2) is 78.9 Å². The van der Waals surface area contributed by atoms with E-state index in [1.165, 1.54) is 0 Å². The molecule has 0 aliphatic carbocycles. The topological polar surface area (TPSA) is 38.3 Å². The van der Waals surface area contributed by atoms with Crippen LogP contribution in [-0.4, -0.2) is 12.9 Å². The van der Waals surface area contributed by atoms with Crippen molar-refractivity contribution in [2.24, 2.45) is 0 Å². The molecule has 0 unspecified atom stereocenters. The van der Waals surface area contributed by atoms with Crippen molar-refractivity contribution in [3.05, 3.63) is 90.0 Å². The lowest BCUT2D eigenvalue weighted by molar-refractivity contribution is 0.103. The number of nitrogens with one attached hydrogen (secondary N) is 1. The minimum atomic E-state index is 0.00205. The fourth-order valence-corrected chi connectivity index (χ4v) is 2.37. The number of rotatable bonds is 5. The number of para-hydroxylation sites is 1. The molecule has 0 radical (unpaired) electrons. The van der Waals surface area contributed by atoms with E-state index in [9.17, 15) is 4.79 Å². The number of anilines is 2. The van der Waals surface area contributed by atoms with Crippen molar-refractivity contribution >= 4 is 17.2 Å². The third-order valence-electron chi connectivity index (χ3n) is 3.58. The van der Waals surface area contributed by atoms with Crippen LogP contribution in [0.1, 0.15) is 15.9 Å². The minimum Gasteiger partial charge on any atom is -0.497 e. The van der Waals surface area contributed by atoms with E-state index in [2.05, 4.69) is 5.32 Å². The Kier molecular flexibility index (Phi) is 4.39. The summed E-state index contributed by atoms with van der Waals surface area (Å²) in [5.41, 5.74) is 3.01. The average molecular weight is 303 g/mol. The van der Waals surface area contributed by atoms with E-state index in [0.29, 0.717) is 11.1 Å². The van der Waals surface area contributed by atoms with Crippen LogP contribution in [-0.2, 0) is 0 Å². The van der Waals surface area contributed by atoms with E-state index in [4.69, 9.17) is 4.74 Å². The van der Waals surface area contributed by atoms with Gasteiger partial charge in [0.25, 0.3) is 0 Å². The maximum Gasteiger partial charge on any atom is 0.195 e. The summed E-state index contributed by atoms with van der Waals surface area (Å²) in [5.74, 6) is 0.798. The van der Waals surface area contributed by atoms with Gasteiger partial charge in [0, 0.05) is 22.5 Å². The normalized spacial score (nSPS) is 10.1. The second kappa shape index (κ2) is 6.79. The lowest BCUT2D eigenvalue weighted by atomic mass is 10.0. The second-order valence-electron chi connectivity index (χ2n) is 5.09. The van der Waals surface area contributed by atoms with Crippen LogP contribution in [0.4, 0.5) is 11.4 Å². The quantitative estimate of drug-likeness (QED) is 0.696. The van der Waals surface area contributed by atoms with Crippen molar-refractivity contribution in [1.29, 1.82) is 0 Å². The fourth-order valence-electron chi connectivity index (χ4n) is 2.37. The Labute approximate surface area is 135 Å². The van der Waals surface area contributed by atoms with Crippen molar-refractivity contribution in [3.8, 4) is 5.75 Å². The maximum atomic E-state index is 12.7. The Morgan fingerprint density at radius 3 is 2.17 bits per heavy atom. The van der Waals surface area contributed by atoms with Crippen molar-refractivity contribution in [3.63, 3.8) is 0 Å². The molecule has 0 heterocycles. The van der Waals surface area contributed by atoms with Gasteiger partial charge in [-0.2, -0.15) is 0 Å². The van der Waals surface area contributed by atoms with Gasteiger partial charge in [0.15, 0.2) is 5.78 Å². The van der Waals surface area contributed by atoms with Crippen LogP contribution in [0.3, 0.4) is 0 Å². The molecule has 23 heavy (non-hydrogen) atoms. The van der Waals surface area contributed by atoms with Gasteiger partial charge in [0.2, 0.25) is 0 Å². The highest BCUT2D eigenvalue weighted by Crippen LogP contribution is 2.24. The number of ketones is 1. The number of benzene rings is 3. The average Bonchev–Trinajstić information content (AvgIpc) is 2.63. The lowest BCUT2D eigenvalue weighted by Gasteiger charge is -2.12. The van der Waals surface area contributed by atoms with Gasteiger partial charge in [-0.25, -0.2) is 0 Å². The third-order valence-corrected chi connectivity index (χ3v) is 3.58. The summed E-state index contributed by atoms with van der Waals surface area (Å²) in [4.78, 5) is 12.7. The Hall–Kier alpha value is -3.07. The number of carbonyl (C=O) groups is 1. The Bertz CT molecular complexity index is 795. The summed E-state index contributed by atoms with van der Waals surface area (Å²) in [7, 11) is 1.64. The zero-order valence-electron chi connectivity index (χ0n) is 12.8. The number of hydrogen-bond acceptors (Lipinski definition) is 3. The van der Waals surface area contributed by atoms with Gasteiger partial charge in [-0.3, -0.25) is 4.79 Å². The van der Waals surface area contributed by atoms with Crippen LogP contribution in [0.5, 0.6) is 5.75 Å². The molecule has 3 aromatic carbocycles. The summed E-state index contributed by atoms with van der Waals surface area (Å²) in [6.45, 7) is 0. The molecule has 3 rings (SSSR count). The molecule has 0 saturated carbocycles. The molecular weight excluding hydrogens is 286 g/mol. The van der Waals surface area contributed by atoms with Gasteiger partial charge in [0.1, 0.15) is 5.75 Å². The SMILES string of the molecule is COc1ccc(Nc2ccccc2C(=O)c2ccccc2)cc1. The highest BCUT2D eigenvalue weighted by molar-refractivity contribution is 6.12. The molecule has 0 bridgehead atoms. The van der Waals surface area contributed by atoms with Crippen LogP contribution < -0.4 is 10.1 Å². The molecule has 3 nitrogen and oxygen atoms in total. The van der Waals surface area contributed by atoms with Crippen LogP contribution >= 0.6 is 0 Å². The predicted octanol–water partition coefficient (Wildman–Crippen LogP) is 4.67. The van der Waals surface area contributed by atoms with E-state index in [0.717, 1.165) is 17.1 Å². The van der Waals surface area contributed by atoms with E-state index in [1.807, 2.05) is 78.9 Å². The van der Waals surface area contributed by atoms with Crippen LogP contribution in [0, 0.1) is 0 Å². The molecule has 0 atom stereocenters. The first-order valence-electron chi connectivity index (χ1n) is 7.38. The first kappa shape index (κ1) is 14.9. The summed E-state index contributed by atoms with van der Waals surface area (Å²) in [5, 5.41) is 3.30. The molecule has 1 N–H and O–H groups in total. The second-order valence-corrected chi connectivity index (χ2v) is 5.09. The van der Waals surface area contributed by atoms with Gasteiger partial charge in [-0.1, -0.05) is 42.5 Å². The Balaban J connectivity index is 1.90. The molecule has 3 heteroatoms. The van der Waals surface area contributed by atoms with Gasteiger partial charge < -0.3 is 10.1 Å². The minimum absolute atomic E-state index is 0.00205.